The van der Waals surface area contributed by atoms with Gasteiger partial charge in [-0.1, -0.05) is 23.2 Å². The standard InChI is InChI=1S/C11H13Cl2N3O/c1-6(4-9(14)11(15)17)16-10-3-2-7(12)5-8(10)13/h2-3,5-6,14,16H,4H2,1H3,(H2,15,17). The summed E-state index contributed by atoms with van der Waals surface area (Å²) in [6.07, 6.45) is 0.244. The number of carbonyl (C=O) groups is 1. The minimum Gasteiger partial charge on any atom is -0.381 e. The molecule has 6 heteroatoms. The summed E-state index contributed by atoms with van der Waals surface area (Å²) in [4.78, 5) is 10.7. The van der Waals surface area contributed by atoms with Crippen LogP contribution in [0.5, 0.6) is 0 Å². The molecule has 1 aromatic carbocycles. The lowest BCUT2D eigenvalue weighted by Crippen LogP contribution is -2.28. The summed E-state index contributed by atoms with van der Waals surface area (Å²) < 4.78 is 0. The van der Waals surface area contributed by atoms with Gasteiger partial charge in [0.2, 0.25) is 0 Å². The zero-order valence-electron chi connectivity index (χ0n) is 9.26. The largest absolute Gasteiger partial charge is 0.381 e. The van der Waals surface area contributed by atoms with E-state index in [4.69, 9.17) is 34.3 Å². The highest BCUT2D eigenvalue weighted by Gasteiger charge is 2.11. The molecule has 0 radical (unpaired) electrons. The van der Waals surface area contributed by atoms with Gasteiger partial charge in [0.1, 0.15) is 0 Å². The van der Waals surface area contributed by atoms with Crippen LogP contribution in [-0.4, -0.2) is 17.7 Å². The number of primary amides is 1. The Balaban J connectivity index is 2.65. The molecule has 1 unspecified atom stereocenters. The topological polar surface area (TPSA) is 79.0 Å². The lowest BCUT2D eigenvalue weighted by atomic mass is 10.1. The summed E-state index contributed by atoms with van der Waals surface area (Å²) in [5.41, 5.74) is 5.59. The molecular weight excluding hydrogens is 261 g/mol. The summed E-state index contributed by atoms with van der Waals surface area (Å²) in [6.45, 7) is 1.84. The molecule has 0 aliphatic carbocycles. The SMILES string of the molecule is CC(CC(=N)C(N)=O)Nc1ccc(Cl)cc1Cl. The van der Waals surface area contributed by atoms with Gasteiger partial charge in [0.15, 0.2) is 0 Å². The average Bonchev–Trinajstić information content (AvgIpc) is 2.22. The summed E-state index contributed by atoms with van der Waals surface area (Å²) in [5.74, 6) is -0.708. The van der Waals surface area contributed by atoms with Crippen LogP contribution in [0.1, 0.15) is 13.3 Å². The average molecular weight is 274 g/mol. The Bertz CT molecular complexity index is 448. The Hall–Kier alpha value is -1.26. The van der Waals surface area contributed by atoms with Crippen LogP contribution in [0.15, 0.2) is 18.2 Å². The van der Waals surface area contributed by atoms with E-state index in [1.54, 1.807) is 18.2 Å². The molecule has 17 heavy (non-hydrogen) atoms. The van der Waals surface area contributed by atoms with Crippen molar-refractivity contribution in [2.75, 3.05) is 5.32 Å². The number of nitrogens with one attached hydrogen (secondary N) is 2. The zero-order chi connectivity index (χ0) is 13.0. The molecule has 4 nitrogen and oxygen atoms in total. The maximum atomic E-state index is 10.7. The molecule has 0 aliphatic heterocycles. The summed E-state index contributed by atoms with van der Waals surface area (Å²) >= 11 is 11.8. The number of amides is 1. The number of hydrogen-bond donors (Lipinski definition) is 3. The van der Waals surface area contributed by atoms with Gasteiger partial charge >= 0.3 is 0 Å². The minimum absolute atomic E-state index is 0.116. The maximum Gasteiger partial charge on any atom is 0.262 e. The first-order valence-electron chi connectivity index (χ1n) is 4.99. The van der Waals surface area contributed by atoms with Gasteiger partial charge in [0, 0.05) is 17.5 Å². The molecule has 0 aliphatic rings. The molecule has 0 aromatic heterocycles. The molecule has 0 bridgehead atoms. The second-order valence-electron chi connectivity index (χ2n) is 3.72. The van der Waals surface area contributed by atoms with Crippen molar-refractivity contribution in [3.05, 3.63) is 28.2 Å². The van der Waals surface area contributed by atoms with E-state index in [1.165, 1.54) is 0 Å². The second-order valence-corrected chi connectivity index (χ2v) is 4.56. The van der Waals surface area contributed by atoms with E-state index >= 15 is 0 Å². The van der Waals surface area contributed by atoms with E-state index in [9.17, 15) is 4.79 Å². The molecule has 1 amide bonds. The highest BCUT2D eigenvalue weighted by molar-refractivity contribution is 6.37. The fourth-order valence-electron chi connectivity index (χ4n) is 1.33. The van der Waals surface area contributed by atoms with Crippen molar-refractivity contribution in [3.8, 4) is 0 Å². The Morgan fingerprint density at radius 3 is 2.71 bits per heavy atom. The molecule has 1 atom stereocenters. The first-order chi connectivity index (χ1) is 7.90. The smallest absolute Gasteiger partial charge is 0.262 e. The van der Waals surface area contributed by atoms with Crippen LogP contribution in [0.3, 0.4) is 0 Å². The first-order valence-corrected chi connectivity index (χ1v) is 5.74. The Morgan fingerprint density at radius 1 is 1.53 bits per heavy atom. The van der Waals surface area contributed by atoms with Gasteiger partial charge in [0.25, 0.3) is 5.91 Å². The van der Waals surface area contributed by atoms with Gasteiger partial charge in [-0.05, 0) is 25.1 Å². The van der Waals surface area contributed by atoms with Crippen LogP contribution in [0.25, 0.3) is 0 Å². The van der Waals surface area contributed by atoms with Crippen LogP contribution in [-0.2, 0) is 4.79 Å². The molecule has 1 aromatic rings. The van der Waals surface area contributed by atoms with E-state index in [0.717, 1.165) is 0 Å². The lowest BCUT2D eigenvalue weighted by Gasteiger charge is -2.16. The van der Waals surface area contributed by atoms with Gasteiger partial charge in [-0.2, -0.15) is 0 Å². The Morgan fingerprint density at radius 2 is 2.18 bits per heavy atom. The fraction of sp³-hybridized carbons (Fsp3) is 0.273. The Kier molecular flexibility index (Phi) is 4.78. The monoisotopic (exact) mass is 273 g/mol. The van der Waals surface area contributed by atoms with Gasteiger partial charge in [-0.3, -0.25) is 10.2 Å². The molecular formula is C11H13Cl2N3O. The highest BCUT2D eigenvalue weighted by Crippen LogP contribution is 2.26. The lowest BCUT2D eigenvalue weighted by molar-refractivity contribution is -0.112. The molecule has 92 valence electrons. The first kappa shape index (κ1) is 13.8. The van der Waals surface area contributed by atoms with E-state index in [2.05, 4.69) is 5.32 Å². The van der Waals surface area contributed by atoms with Crippen LogP contribution in [0.4, 0.5) is 5.69 Å². The number of carbonyl (C=O) groups excluding carboxylic acids is 1. The van der Waals surface area contributed by atoms with E-state index in [0.29, 0.717) is 15.7 Å². The van der Waals surface area contributed by atoms with Crippen molar-refractivity contribution >= 4 is 40.5 Å². The molecule has 0 saturated heterocycles. The number of benzene rings is 1. The third-order valence-electron chi connectivity index (χ3n) is 2.14. The third-order valence-corrected chi connectivity index (χ3v) is 2.69. The molecule has 0 saturated carbocycles. The maximum absolute atomic E-state index is 10.7. The predicted octanol–water partition coefficient (Wildman–Crippen LogP) is 2.69. The fourth-order valence-corrected chi connectivity index (χ4v) is 1.79. The molecule has 4 N–H and O–H groups in total. The Labute approximate surface area is 110 Å². The molecule has 0 spiro atoms. The van der Waals surface area contributed by atoms with Crippen molar-refractivity contribution in [3.63, 3.8) is 0 Å². The van der Waals surface area contributed by atoms with E-state index in [-0.39, 0.29) is 18.2 Å². The second kappa shape index (κ2) is 5.89. The number of rotatable bonds is 5. The normalized spacial score (nSPS) is 11.9. The van der Waals surface area contributed by atoms with Crippen LogP contribution in [0, 0.1) is 5.41 Å². The van der Waals surface area contributed by atoms with Crippen LogP contribution >= 0.6 is 23.2 Å². The van der Waals surface area contributed by atoms with Crippen LogP contribution in [0.2, 0.25) is 10.0 Å². The van der Waals surface area contributed by atoms with Gasteiger partial charge in [0.05, 0.1) is 16.4 Å². The third kappa shape index (κ3) is 4.24. The number of nitrogens with two attached hydrogens (primary N) is 1. The quantitative estimate of drug-likeness (QED) is 0.722. The van der Waals surface area contributed by atoms with Crippen molar-refractivity contribution in [2.24, 2.45) is 5.73 Å². The summed E-state index contributed by atoms with van der Waals surface area (Å²) in [5, 5.41) is 11.5. The molecule has 0 heterocycles. The van der Waals surface area contributed by atoms with Crippen molar-refractivity contribution in [1.29, 1.82) is 5.41 Å². The van der Waals surface area contributed by atoms with Crippen molar-refractivity contribution < 1.29 is 4.79 Å². The van der Waals surface area contributed by atoms with Gasteiger partial charge in [-0.25, -0.2) is 0 Å². The zero-order valence-corrected chi connectivity index (χ0v) is 10.8. The van der Waals surface area contributed by atoms with E-state index in [1.807, 2.05) is 6.92 Å². The minimum atomic E-state index is -0.708. The number of anilines is 1. The van der Waals surface area contributed by atoms with Gasteiger partial charge in [-0.15, -0.1) is 0 Å². The van der Waals surface area contributed by atoms with Crippen molar-refractivity contribution in [2.45, 2.75) is 19.4 Å². The molecule has 0 fully saturated rings. The van der Waals surface area contributed by atoms with Crippen molar-refractivity contribution in [1.82, 2.24) is 0 Å². The predicted molar refractivity (Wildman–Crippen MR) is 71.1 cm³/mol. The van der Waals surface area contributed by atoms with E-state index < -0.39 is 5.91 Å². The van der Waals surface area contributed by atoms with Gasteiger partial charge < -0.3 is 11.1 Å². The number of halogens is 2. The van der Waals surface area contributed by atoms with Crippen LogP contribution < -0.4 is 11.1 Å². The molecule has 1 rings (SSSR count). The summed E-state index contributed by atoms with van der Waals surface area (Å²) in [7, 11) is 0. The highest BCUT2D eigenvalue weighted by atomic mass is 35.5. The number of hydrogen-bond acceptors (Lipinski definition) is 3. The summed E-state index contributed by atoms with van der Waals surface area (Å²) in [6, 6.07) is 4.96.